The van der Waals surface area contributed by atoms with Gasteiger partial charge in [0.2, 0.25) is 0 Å². The van der Waals surface area contributed by atoms with Gasteiger partial charge in [-0.15, -0.1) is 0 Å². The largest absolute Gasteiger partial charge is 0.496 e. The van der Waals surface area contributed by atoms with Gasteiger partial charge in [-0.3, -0.25) is 0 Å². The summed E-state index contributed by atoms with van der Waals surface area (Å²) in [4.78, 5) is 0. The number of hydrogen-bond donors (Lipinski definition) is 1. The normalized spacial score (nSPS) is 20.4. The smallest absolute Gasteiger partial charge is 0.264 e. The van der Waals surface area contributed by atoms with Crippen molar-refractivity contribution in [2.75, 3.05) is 20.2 Å². The molecule has 0 aliphatic carbocycles. The Bertz CT molecular complexity index is 362. The van der Waals surface area contributed by atoms with Crippen LogP contribution in [0.15, 0.2) is 18.2 Å². The Morgan fingerprint density at radius 2 is 2.25 bits per heavy atom. The van der Waals surface area contributed by atoms with E-state index in [0.717, 1.165) is 19.5 Å². The number of benzene rings is 1. The third-order valence-electron chi connectivity index (χ3n) is 3.02. The molecule has 1 saturated heterocycles. The molecule has 1 fully saturated rings. The summed E-state index contributed by atoms with van der Waals surface area (Å²) in [5.74, 6) is 0.714. The monoisotopic (exact) mass is 227 g/mol. The van der Waals surface area contributed by atoms with Gasteiger partial charge in [-0.25, -0.2) is 8.78 Å². The number of ether oxygens (including phenoxy) is 1. The van der Waals surface area contributed by atoms with Gasteiger partial charge < -0.3 is 10.1 Å². The Labute approximate surface area is 93.6 Å². The third kappa shape index (κ3) is 2.02. The summed E-state index contributed by atoms with van der Waals surface area (Å²) in [5, 5.41) is 3.19. The molecule has 0 amide bonds. The number of alkyl halides is 2. The highest BCUT2D eigenvalue weighted by molar-refractivity contribution is 5.44. The number of rotatable bonds is 3. The first kappa shape index (κ1) is 11.3. The molecule has 1 aliphatic rings. The first-order chi connectivity index (χ1) is 7.74. The van der Waals surface area contributed by atoms with Crippen molar-refractivity contribution in [3.05, 3.63) is 29.3 Å². The van der Waals surface area contributed by atoms with Gasteiger partial charge in [0.1, 0.15) is 5.75 Å². The zero-order valence-corrected chi connectivity index (χ0v) is 9.17. The fraction of sp³-hybridized carbons (Fsp3) is 0.500. The van der Waals surface area contributed by atoms with Crippen molar-refractivity contribution < 1.29 is 13.5 Å². The van der Waals surface area contributed by atoms with Gasteiger partial charge in [0.05, 0.1) is 7.11 Å². The lowest BCUT2D eigenvalue weighted by atomic mass is 9.92. The topological polar surface area (TPSA) is 21.3 Å². The van der Waals surface area contributed by atoms with Crippen LogP contribution < -0.4 is 10.1 Å². The fourth-order valence-corrected chi connectivity index (χ4v) is 2.27. The molecule has 4 heteroatoms. The summed E-state index contributed by atoms with van der Waals surface area (Å²) < 4.78 is 31.0. The maximum absolute atomic E-state index is 12.9. The van der Waals surface area contributed by atoms with Crippen molar-refractivity contribution in [1.82, 2.24) is 5.32 Å². The van der Waals surface area contributed by atoms with Crippen LogP contribution in [-0.4, -0.2) is 20.2 Å². The highest BCUT2D eigenvalue weighted by Gasteiger charge is 2.26. The zero-order chi connectivity index (χ0) is 11.5. The molecular formula is C12H15F2NO. The molecule has 88 valence electrons. The van der Waals surface area contributed by atoms with E-state index in [-0.39, 0.29) is 11.5 Å². The highest BCUT2D eigenvalue weighted by Crippen LogP contribution is 2.37. The van der Waals surface area contributed by atoms with E-state index in [0.29, 0.717) is 11.3 Å². The summed E-state index contributed by atoms with van der Waals surface area (Å²) >= 11 is 0. The molecule has 0 bridgehead atoms. The van der Waals surface area contributed by atoms with Crippen LogP contribution in [0.1, 0.15) is 29.9 Å². The highest BCUT2D eigenvalue weighted by atomic mass is 19.3. The second-order valence-electron chi connectivity index (χ2n) is 3.95. The van der Waals surface area contributed by atoms with Gasteiger partial charge >= 0.3 is 0 Å². The minimum Gasteiger partial charge on any atom is -0.496 e. The Morgan fingerprint density at radius 3 is 2.81 bits per heavy atom. The van der Waals surface area contributed by atoms with Crippen LogP contribution >= 0.6 is 0 Å². The van der Waals surface area contributed by atoms with Gasteiger partial charge in [-0.05, 0) is 19.0 Å². The molecular weight excluding hydrogens is 212 g/mol. The van der Waals surface area contributed by atoms with Crippen molar-refractivity contribution in [2.45, 2.75) is 18.8 Å². The number of nitrogens with one attached hydrogen (secondary N) is 1. The maximum atomic E-state index is 12.9. The Kier molecular flexibility index (Phi) is 3.39. The third-order valence-corrected chi connectivity index (χ3v) is 3.02. The molecule has 1 aromatic rings. The molecule has 1 unspecified atom stereocenters. The fourth-order valence-electron chi connectivity index (χ4n) is 2.27. The van der Waals surface area contributed by atoms with Crippen molar-refractivity contribution in [3.63, 3.8) is 0 Å². The summed E-state index contributed by atoms with van der Waals surface area (Å²) in [7, 11) is 1.52. The molecule has 0 spiro atoms. The van der Waals surface area contributed by atoms with Gasteiger partial charge in [-0.2, -0.15) is 0 Å². The average Bonchev–Trinajstić information content (AvgIpc) is 2.81. The van der Waals surface area contributed by atoms with Crippen LogP contribution in [0, 0.1) is 0 Å². The van der Waals surface area contributed by atoms with Crippen molar-refractivity contribution >= 4 is 0 Å². The van der Waals surface area contributed by atoms with E-state index in [9.17, 15) is 8.78 Å². The lowest BCUT2D eigenvalue weighted by Gasteiger charge is -2.18. The summed E-state index contributed by atoms with van der Waals surface area (Å²) in [6.07, 6.45) is -1.55. The Morgan fingerprint density at radius 1 is 1.44 bits per heavy atom. The van der Waals surface area contributed by atoms with Crippen molar-refractivity contribution in [3.8, 4) is 5.75 Å². The predicted molar refractivity (Wildman–Crippen MR) is 58.2 cm³/mol. The van der Waals surface area contributed by atoms with Gasteiger partial charge in [0.15, 0.2) is 0 Å². The molecule has 1 heterocycles. The van der Waals surface area contributed by atoms with Crippen LogP contribution in [0.2, 0.25) is 0 Å². The van der Waals surface area contributed by atoms with Gasteiger partial charge in [-0.1, -0.05) is 12.1 Å². The molecule has 1 N–H and O–H groups in total. The molecule has 2 rings (SSSR count). The van der Waals surface area contributed by atoms with Crippen LogP contribution in [0.5, 0.6) is 5.75 Å². The van der Waals surface area contributed by atoms with E-state index in [2.05, 4.69) is 5.32 Å². The summed E-state index contributed by atoms with van der Waals surface area (Å²) in [6.45, 7) is 1.63. The van der Waals surface area contributed by atoms with E-state index >= 15 is 0 Å². The second-order valence-corrected chi connectivity index (χ2v) is 3.95. The van der Waals surface area contributed by atoms with Crippen LogP contribution in [-0.2, 0) is 0 Å². The first-order valence-electron chi connectivity index (χ1n) is 5.39. The molecule has 16 heavy (non-hydrogen) atoms. The summed E-state index contributed by atoms with van der Waals surface area (Å²) in [6, 6.07) is 4.85. The number of halogens is 2. The predicted octanol–water partition coefficient (Wildman–Crippen LogP) is 2.71. The van der Waals surface area contributed by atoms with Crippen molar-refractivity contribution in [1.29, 1.82) is 0 Å². The zero-order valence-electron chi connectivity index (χ0n) is 9.17. The minimum atomic E-state index is -2.44. The Hall–Kier alpha value is -1.16. The Balaban J connectivity index is 2.44. The summed E-state index contributed by atoms with van der Waals surface area (Å²) in [5.41, 5.74) is 0.776. The molecule has 0 aromatic heterocycles. The standard InChI is InChI=1S/C12H15F2NO/c1-16-10-4-2-3-9(12(13)14)11(10)8-5-6-15-7-8/h2-4,8,12,15H,5-7H2,1H3. The molecule has 1 aliphatic heterocycles. The van der Waals surface area contributed by atoms with Crippen LogP contribution in [0.4, 0.5) is 8.78 Å². The van der Waals surface area contributed by atoms with E-state index in [1.165, 1.54) is 13.2 Å². The van der Waals surface area contributed by atoms with Crippen LogP contribution in [0.3, 0.4) is 0 Å². The molecule has 2 nitrogen and oxygen atoms in total. The van der Waals surface area contributed by atoms with E-state index in [4.69, 9.17) is 4.74 Å². The second kappa shape index (κ2) is 4.78. The van der Waals surface area contributed by atoms with Gasteiger partial charge in [0.25, 0.3) is 6.43 Å². The SMILES string of the molecule is COc1cccc(C(F)F)c1C1CCNC1. The average molecular weight is 227 g/mol. The molecule has 0 radical (unpaired) electrons. The molecule has 0 saturated carbocycles. The number of methoxy groups -OCH3 is 1. The molecule has 1 aromatic carbocycles. The quantitative estimate of drug-likeness (QED) is 0.857. The van der Waals surface area contributed by atoms with E-state index < -0.39 is 6.43 Å². The minimum absolute atomic E-state index is 0.105. The van der Waals surface area contributed by atoms with E-state index in [1.54, 1.807) is 12.1 Å². The van der Waals surface area contributed by atoms with Crippen LogP contribution in [0.25, 0.3) is 0 Å². The number of hydrogen-bond acceptors (Lipinski definition) is 2. The lowest BCUT2D eigenvalue weighted by Crippen LogP contribution is -2.10. The lowest BCUT2D eigenvalue weighted by molar-refractivity contribution is 0.149. The molecule has 1 atom stereocenters. The maximum Gasteiger partial charge on any atom is 0.264 e. The van der Waals surface area contributed by atoms with E-state index in [1.807, 2.05) is 0 Å². The van der Waals surface area contributed by atoms with Crippen molar-refractivity contribution in [2.24, 2.45) is 0 Å². The van der Waals surface area contributed by atoms with Gasteiger partial charge in [0, 0.05) is 23.6 Å². The first-order valence-corrected chi connectivity index (χ1v) is 5.39.